The topological polar surface area (TPSA) is 70.2 Å². The van der Waals surface area contributed by atoms with Crippen molar-refractivity contribution >= 4 is 17.7 Å². The van der Waals surface area contributed by atoms with Gasteiger partial charge in [-0.3, -0.25) is 0 Å². The van der Waals surface area contributed by atoms with E-state index in [0.717, 1.165) is 47.2 Å². The number of piperidine rings is 1. The molecule has 1 aromatic heterocycles. The maximum atomic E-state index is 12.2. The molecule has 138 valence electrons. The van der Waals surface area contributed by atoms with Crippen LogP contribution in [0.25, 0.3) is 0 Å². The lowest BCUT2D eigenvalue weighted by Crippen LogP contribution is -2.32. The van der Waals surface area contributed by atoms with Crippen molar-refractivity contribution in [2.45, 2.75) is 46.6 Å². The quantitative estimate of drug-likeness (QED) is 0.879. The highest BCUT2D eigenvalue weighted by atomic mass is 16.2. The minimum absolute atomic E-state index is 0.227. The summed E-state index contributed by atoms with van der Waals surface area (Å²) in [4.78, 5) is 23.7. The average Bonchev–Trinajstić information content (AvgIpc) is 2.64. The predicted molar refractivity (Wildman–Crippen MR) is 105 cm³/mol. The van der Waals surface area contributed by atoms with Crippen molar-refractivity contribution in [3.05, 3.63) is 46.8 Å². The molecular weight excluding hydrogens is 326 g/mol. The van der Waals surface area contributed by atoms with Crippen LogP contribution in [0.4, 0.5) is 16.4 Å². The molecule has 2 aromatic rings. The van der Waals surface area contributed by atoms with Gasteiger partial charge in [0.05, 0.1) is 12.2 Å². The van der Waals surface area contributed by atoms with E-state index in [1.807, 2.05) is 45.0 Å². The lowest BCUT2D eigenvalue weighted by molar-refractivity contribution is 0.251. The molecule has 1 fully saturated rings. The van der Waals surface area contributed by atoms with Crippen LogP contribution in [-0.2, 0) is 6.54 Å². The second-order valence-corrected chi connectivity index (χ2v) is 6.90. The number of aryl methyl sites for hydroxylation is 2. The van der Waals surface area contributed by atoms with Crippen molar-refractivity contribution in [3.63, 3.8) is 0 Å². The van der Waals surface area contributed by atoms with E-state index >= 15 is 0 Å². The smallest absolute Gasteiger partial charge is 0.319 e. The van der Waals surface area contributed by atoms with Crippen molar-refractivity contribution in [1.29, 1.82) is 0 Å². The largest absolute Gasteiger partial charge is 0.341 e. The average molecular weight is 353 g/mol. The zero-order chi connectivity index (χ0) is 18.5. The first-order chi connectivity index (χ1) is 12.5. The molecule has 1 aliphatic rings. The van der Waals surface area contributed by atoms with E-state index in [-0.39, 0.29) is 6.03 Å². The van der Waals surface area contributed by atoms with Gasteiger partial charge in [0.25, 0.3) is 0 Å². The molecule has 6 nitrogen and oxygen atoms in total. The maximum absolute atomic E-state index is 12.2. The van der Waals surface area contributed by atoms with Crippen molar-refractivity contribution in [3.8, 4) is 0 Å². The number of carbonyl (C=O) groups excluding carboxylic acids is 1. The number of benzene rings is 1. The number of nitrogens with one attached hydrogen (secondary N) is 2. The van der Waals surface area contributed by atoms with Crippen LogP contribution in [0.3, 0.4) is 0 Å². The van der Waals surface area contributed by atoms with Crippen molar-refractivity contribution in [2.75, 3.05) is 23.3 Å². The maximum Gasteiger partial charge on any atom is 0.319 e. The van der Waals surface area contributed by atoms with Gasteiger partial charge >= 0.3 is 6.03 Å². The monoisotopic (exact) mass is 353 g/mol. The Bertz CT molecular complexity index is 784. The summed E-state index contributed by atoms with van der Waals surface area (Å²) >= 11 is 0. The number of urea groups is 1. The minimum Gasteiger partial charge on any atom is -0.341 e. The molecule has 0 spiro atoms. The first kappa shape index (κ1) is 18.2. The molecule has 0 radical (unpaired) electrons. The number of amides is 2. The second-order valence-electron chi connectivity index (χ2n) is 6.90. The van der Waals surface area contributed by atoms with Crippen LogP contribution in [0.1, 0.15) is 41.8 Å². The molecule has 0 saturated carbocycles. The Balaban J connectivity index is 1.62. The van der Waals surface area contributed by atoms with Gasteiger partial charge in [0, 0.05) is 24.5 Å². The zero-order valence-corrected chi connectivity index (χ0v) is 15.8. The third-order valence-electron chi connectivity index (χ3n) is 4.82. The van der Waals surface area contributed by atoms with Crippen LogP contribution in [-0.4, -0.2) is 29.1 Å². The van der Waals surface area contributed by atoms with E-state index < -0.39 is 0 Å². The Morgan fingerprint density at radius 1 is 1.12 bits per heavy atom. The number of carbonyl (C=O) groups is 1. The van der Waals surface area contributed by atoms with E-state index in [9.17, 15) is 4.79 Å². The number of aromatic nitrogens is 2. The molecule has 26 heavy (non-hydrogen) atoms. The van der Waals surface area contributed by atoms with E-state index in [2.05, 4.69) is 25.5 Å². The SMILES string of the molecule is Cc1cc(CNC(=O)Nc2cccc(C)c2C)nc(N2CCCCC2)n1. The van der Waals surface area contributed by atoms with Crippen LogP contribution in [0.5, 0.6) is 0 Å². The summed E-state index contributed by atoms with van der Waals surface area (Å²) in [5.74, 6) is 0.774. The lowest BCUT2D eigenvalue weighted by atomic mass is 10.1. The highest BCUT2D eigenvalue weighted by molar-refractivity contribution is 5.90. The van der Waals surface area contributed by atoms with Crippen molar-refractivity contribution < 1.29 is 4.79 Å². The second kappa shape index (κ2) is 8.17. The molecule has 0 atom stereocenters. The third kappa shape index (κ3) is 4.50. The summed E-state index contributed by atoms with van der Waals surface area (Å²) in [6.45, 7) is 8.39. The van der Waals surface area contributed by atoms with Crippen LogP contribution < -0.4 is 15.5 Å². The lowest BCUT2D eigenvalue weighted by Gasteiger charge is -2.27. The van der Waals surface area contributed by atoms with Crippen molar-refractivity contribution in [2.24, 2.45) is 0 Å². The van der Waals surface area contributed by atoms with Gasteiger partial charge in [-0.15, -0.1) is 0 Å². The molecule has 0 aliphatic carbocycles. The molecular formula is C20H27N5O. The molecule has 2 amide bonds. The normalized spacial score (nSPS) is 14.2. The van der Waals surface area contributed by atoms with E-state index in [1.165, 1.54) is 19.3 Å². The summed E-state index contributed by atoms with van der Waals surface area (Å²) in [5, 5.41) is 5.80. The molecule has 2 N–H and O–H groups in total. The molecule has 3 rings (SSSR count). The summed E-state index contributed by atoms with van der Waals surface area (Å²) in [5.41, 5.74) is 4.81. The van der Waals surface area contributed by atoms with Gasteiger partial charge in [-0.1, -0.05) is 12.1 Å². The van der Waals surface area contributed by atoms with Gasteiger partial charge in [-0.2, -0.15) is 0 Å². The fraction of sp³-hybridized carbons (Fsp3) is 0.450. The Kier molecular flexibility index (Phi) is 5.71. The summed E-state index contributed by atoms with van der Waals surface area (Å²) < 4.78 is 0. The molecule has 1 aromatic carbocycles. The van der Waals surface area contributed by atoms with E-state index in [4.69, 9.17) is 0 Å². The standard InChI is InChI=1S/C20H27N5O/c1-14-8-7-9-18(16(14)3)24-20(26)21-13-17-12-15(2)22-19(23-17)25-10-5-4-6-11-25/h7-9,12H,4-6,10-11,13H2,1-3H3,(H2,21,24,26). The molecule has 6 heteroatoms. The number of anilines is 2. The highest BCUT2D eigenvalue weighted by Crippen LogP contribution is 2.18. The molecule has 1 saturated heterocycles. The Morgan fingerprint density at radius 2 is 1.88 bits per heavy atom. The Morgan fingerprint density at radius 3 is 2.65 bits per heavy atom. The van der Waals surface area contributed by atoms with Crippen LogP contribution >= 0.6 is 0 Å². The number of nitrogens with zero attached hydrogens (tertiary/aromatic N) is 3. The van der Waals surface area contributed by atoms with Gasteiger partial charge in [0.1, 0.15) is 0 Å². The Labute approximate surface area is 155 Å². The first-order valence-electron chi connectivity index (χ1n) is 9.23. The van der Waals surface area contributed by atoms with Crippen LogP contribution in [0, 0.1) is 20.8 Å². The molecule has 0 unspecified atom stereocenters. The summed E-state index contributed by atoms with van der Waals surface area (Å²) in [6.07, 6.45) is 3.64. The van der Waals surface area contributed by atoms with Gasteiger partial charge in [0.2, 0.25) is 5.95 Å². The first-order valence-corrected chi connectivity index (χ1v) is 9.23. The molecule has 1 aliphatic heterocycles. The molecule has 0 bridgehead atoms. The summed E-state index contributed by atoms with van der Waals surface area (Å²) in [6, 6.07) is 7.58. The molecule has 2 heterocycles. The fourth-order valence-electron chi connectivity index (χ4n) is 3.17. The predicted octanol–water partition coefficient (Wildman–Crippen LogP) is 3.71. The summed E-state index contributed by atoms with van der Waals surface area (Å²) in [7, 11) is 0. The van der Waals surface area contributed by atoms with Crippen LogP contribution in [0.15, 0.2) is 24.3 Å². The number of hydrogen-bond donors (Lipinski definition) is 2. The highest BCUT2D eigenvalue weighted by Gasteiger charge is 2.15. The van der Waals surface area contributed by atoms with E-state index in [1.54, 1.807) is 0 Å². The third-order valence-corrected chi connectivity index (χ3v) is 4.82. The zero-order valence-electron chi connectivity index (χ0n) is 15.8. The Hall–Kier alpha value is -2.63. The fourth-order valence-corrected chi connectivity index (χ4v) is 3.17. The number of hydrogen-bond acceptors (Lipinski definition) is 4. The van der Waals surface area contributed by atoms with Gasteiger partial charge in [-0.05, 0) is 63.3 Å². The van der Waals surface area contributed by atoms with Crippen molar-refractivity contribution in [1.82, 2.24) is 15.3 Å². The van der Waals surface area contributed by atoms with Gasteiger partial charge in [-0.25, -0.2) is 14.8 Å². The van der Waals surface area contributed by atoms with E-state index in [0.29, 0.717) is 6.54 Å². The van der Waals surface area contributed by atoms with Gasteiger partial charge < -0.3 is 15.5 Å². The minimum atomic E-state index is -0.227. The van der Waals surface area contributed by atoms with Crippen LogP contribution in [0.2, 0.25) is 0 Å². The van der Waals surface area contributed by atoms with Gasteiger partial charge in [0.15, 0.2) is 0 Å². The number of rotatable bonds is 4.